The van der Waals surface area contributed by atoms with E-state index in [0.717, 1.165) is 4.90 Å². The van der Waals surface area contributed by atoms with E-state index < -0.39 is 22.4 Å². The van der Waals surface area contributed by atoms with Gasteiger partial charge < -0.3 is 4.74 Å². The molecule has 1 aromatic carbocycles. The van der Waals surface area contributed by atoms with Gasteiger partial charge in [-0.1, -0.05) is 19.9 Å². The van der Waals surface area contributed by atoms with Crippen LogP contribution in [0.4, 0.5) is 20.7 Å². The van der Waals surface area contributed by atoms with Gasteiger partial charge in [-0.05, 0) is 53.1 Å². The number of pyridine rings is 1. The summed E-state index contributed by atoms with van der Waals surface area (Å²) in [6.45, 7) is 5.60. The van der Waals surface area contributed by atoms with Gasteiger partial charge in [-0.3, -0.25) is 24.4 Å². The van der Waals surface area contributed by atoms with E-state index in [-0.39, 0.29) is 60.2 Å². The normalized spacial score (nSPS) is 12.9. The molecule has 0 saturated carbocycles. The first-order chi connectivity index (χ1) is 14.1. The van der Waals surface area contributed by atoms with E-state index in [1.54, 1.807) is 12.1 Å². The van der Waals surface area contributed by atoms with Crippen molar-refractivity contribution >= 4 is 40.2 Å². The molecule has 8 nitrogen and oxygen atoms in total. The van der Waals surface area contributed by atoms with Crippen LogP contribution in [0.3, 0.4) is 0 Å². The molecule has 1 amide bonds. The van der Waals surface area contributed by atoms with Crippen molar-refractivity contribution in [1.29, 1.82) is 0 Å². The lowest BCUT2D eigenvalue weighted by Crippen LogP contribution is -2.32. The van der Waals surface area contributed by atoms with Crippen molar-refractivity contribution in [2.24, 2.45) is 5.92 Å². The average molecular weight is 529 g/mol. The van der Waals surface area contributed by atoms with Crippen molar-refractivity contribution in [3.8, 4) is 0 Å². The zero-order valence-electron chi connectivity index (χ0n) is 16.8. The fourth-order valence-electron chi connectivity index (χ4n) is 3.41. The average Bonchev–Trinajstić information content (AvgIpc) is 3.10. The number of ether oxygens (including phenoxy) is 1. The lowest BCUT2D eigenvalue weighted by atomic mass is 9.99. The summed E-state index contributed by atoms with van der Waals surface area (Å²) in [6.07, 6.45) is -0.879. The largest absolute Gasteiger partial charge is 0.449 e. The van der Waals surface area contributed by atoms with Crippen LogP contribution in [-0.2, 0) is 17.7 Å². The van der Waals surface area contributed by atoms with Crippen molar-refractivity contribution in [2.45, 2.75) is 33.7 Å². The summed E-state index contributed by atoms with van der Waals surface area (Å²) in [7, 11) is 0. The summed E-state index contributed by atoms with van der Waals surface area (Å²) >= 11 is 1.97. The van der Waals surface area contributed by atoms with E-state index in [9.17, 15) is 24.1 Å². The molecule has 0 radical (unpaired) electrons. The van der Waals surface area contributed by atoms with Crippen LogP contribution in [0.15, 0.2) is 23.0 Å². The predicted molar refractivity (Wildman–Crippen MR) is 118 cm³/mol. The van der Waals surface area contributed by atoms with Crippen molar-refractivity contribution in [3.63, 3.8) is 0 Å². The topological polar surface area (TPSA) is 94.7 Å². The number of benzene rings is 1. The second kappa shape index (κ2) is 8.70. The Balaban J connectivity index is 2.14. The van der Waals surface area contributed by atoms with Gasteiger partial charge in [0.2, 0.25) is 5.82 Å². The van der Waals surface area contributed by atoms with Crippen molar-refractivity contribution in [2.75, 3.05) is 18.1 Å². The minimum Gasteiger partial charge on any atom is -0.449 e. The maximum atomic E-state index is 14.4. The molecule has 0 atom stereocenters. The number of hydrogen-bond donors (Lipinski definition) is 0. The van der Waals surface area contributed by atoms with Crippen LogP contribution in [0.2, 0.25) is 0 Å². The van der Waals surface area contributed by atoms with Crippen LogP contribution in [-0.4, -0.2) is 28.7 Å². The summed E-state index contributed by atoms with van der Waals surface area (Å²) in [5, 5.41) is 12.0. The van der Waals surface area contributed by atoms with Gasteiger partial charge in [-0.2, -0.15) is 0 Å². The zero-order valence-corrected chi connectivity index (χ0v) is 18.9. The van der Waals surface area contributed by atoms with Gasteiger partial charge in [0.15, 0.2) is 0 Å². The zero-order chi connectivity index (χ0) is 22.2. The number of carbonyl (C=O) groups excluding carboxylic acids is 1. The van der Waals surface area contributed by atoms with E-state index in [2.05, 4.69) is 0 Å². The first-order valence-electron chi connectivity index (χ1n) is 9.40. The summed E-state index contributed by atoms with van der Waals surface area (Å²) < 4.78 is 21.5. The van der Waals surface area contributed by atoms with Crippen molar-refractivity contribution in [1.82, 2.24) is 4.57 Å². The quantitative estimate of drug-likeness (QED) is 0.332. The predicted octanol–water partition coefficient (Wildman–Crippen LogP) is 4.01. The van der Waals surface area contributed by atoms with Crippen LogP contribution in [0, 0.1) is 32.3 Å². The highest BCUT2D eigenvalue weighted by Gasteiger charge is 2.38. The van der Waals surface area contributed by atoms with Gasteiger partial charge >= 0.3 is 11.8 Å². The minimum atomic E-state index is -0.743. The van der Waals surface area contributed by atoms with E-state index in [0.29, 0.717) is 3.57 Å². The van der Waals surface area contributed by atoms with Crippen LogP contribution in [0.25, 0.3) is 0 Å². The Morgan fingerprint density at radius 1 is 1.37 bits per heavy atom. The maximum Gasteiger partial charge on any atom is 0.415 e. The van der Waals surface area contributed by atoms with Crippen molar-refractivity contribution in [3.05, 3.63) is 64.7 Å². The van der Waals surface area contributed by atoms with E-state index in [1.165, 1.54) is 17.6 Å². The van der Waals surface area contributed by atoms with E-state index in [1.807, 2.05) is 36.4 Å². The summed E-state index contributed by atoms with van der Waals surface area (Å²) in [6, 6.07) is 4.56. The Hall–Kier alpha value is -2.50. The third-order valence-electron chi connectivity index (χ3n) is 4.90. The fraction of sp³-hybridized carbons (Fsp3) is 0.400. The molecule has 0 saturated heterocycles. The second-order valence-corrected chi connectivity index (χ2v) is 8.77. The molecular weight excluding hydrogens is 508 g/mol. The molecule has 3 rings (SSSR count). The Morgan fingerprint density at radius 2 is 2.07 bits per heavy atom. The highest BCUT2D eigenvalue weighted by atomic mass is 127. The van der Waals surface area contributed by atoms with Crippen LogP contribution in [0.1, 0.15) is 30.5 Å². The Bertz CT molecular complexity index is 1080. The third kappa shape index (κ3) is 4.18. The Labute approximate surface area is 185 Å². The van der Waals surface area contributed by atoms with Gasteiger partial charge in [0, 0.05) is 34.2 Å². The lowest BCUT2D eigenvalue weighted by molar-refractivity contribution is -0.385. The molecule has 1 aliphatic heterocycles. The third-order valence-corrected chi connectivity index (χ3v) is 5.57. The number of nitrogens with zero attached hydrogens (tertiary/aromatic N) is 3. The van der Waals surface area contributed by atoms with E-state index in [4.69, 9.17) is 4.74 Å². The molecule has 1 aliphatic rings. The number of hydrogen-bond acceptors (Lipinski definition) is 5. The molecule has 0 aliphatic carbocycles. The highest BCUT2D eigenvalue weighted by Crippen LogP contribution is 2.37. The minimum absolute atomic E-state index is 0.0890. The number of rotatable bonds is 5. The smallest absolute Gasteiger partial charge is 0.415 e. The molecule has 0 bridgehead atoms. The maximum absolute atomic E-state index is 14.4. The van der Waals surface area contributed by atoms with E-state index >= 15 is 0 Å². The summed E-state index contributed by atoms with van der Waals surface area (Å²) in [4.78, 5) is 38.0. The SMILES string of the molecule is Cc1c(Cc2ccc(I)cc2F)c([N+](=O)[O-])c2n(c1=O)CCN2C(=O)OCC(C)C. The molecule has 2 aromatic rings. The first kappa shape index (κ1) is 22.2. The van der Waals surface area contributed by atoms with Crippen LogP contribution >= 0.6 is 22.6 Å². The molecule has 0 spiro atoms. The highest BCUT2D eigenvalue weighted by molar-refractivity contribution is 14.1. The van der Waals surface area contributed by atoms with Gasteiger partial charge in [-0.25, -0.2) is 9.18 Å². The Kier molecular flexibility index (Phi) is 6.44. The fourth-order valence-corrected chi connectivity index (χ4v) is 3.87. The number of anilines is 1. The monoisotopic (exact) mass is 529 g/mol. The molecule has 2 heterocycles. The molecule has 0 N–H and O–H groups in total. The van der Waals surface area contributed by atoms with Crippen LogP contribution in [0.5, 0.6) is 0 Å². The second-order valence-electron chi connectivity index (χ2n) is 7.52. The van der Waals surface area contributed by atoms with Gasteiger partial charge in [0.25, 0.3) is 5.56 Å². The number of aromatic nitrogens is 1. The number of carbonyl (C=O) groups is 1. The molecule has 0 unspecified atom stereocenters. The number of fused-ring (bicyclic) bond motifs is 1. The number of halogens is 2. The lowest BCUT2D eigenvalue weighted by Gasteiger charge is -2.19. The molecular formula is C20H21FIN3O5. The van der Waals surface area contributed by atoms with Crippen LogP contribution < -0.4 is 10.5 Å². The number of amides is 1. The van der Waals surface area contributed by atoms with Crippen molar-refractivity contribution < 1.29 is 18.8 Å². The Morgan fingerprint density at radius 3 is 2.67 bits per heavy atom. The standard InChI is InChI=1S/C20H21FIN3O5/c1-11(2)10-30-20(27)24-7-6-23-18(24)17(25(28)29)15(12(3)19(23)26)8-13-4-5-14(22)9-16(13)21/h4-5,9,11H,6-8,10H2,1-3H3. The molecule has 0 fully saturated rings. The summed E-state index contributed by atoms with van der Waals surface area (Å²) in [5.74, 6) is -0.527. The molecule has 10 heteroatoms. The number of nitro groups is 1. The van der Waals surface area contributed by atoms with Gasteiger partial charge in [0.1, 0.15) is 5.82 Å². The van der Waals surface area contributed by atoms with Gasteiger partial charge in [0.05, 0.1) is 11.5 Å². The molecule has 1 aromatic heterocycles. The van der Waals surface area contributed by atoms with Gasteiger partial charge in [-0.15, -0.1) is 0 Å². The first-order valence-corrected chi connectivity index (χ1v) is 10.5. The molecule has 30 heavy (non-hydrogen) atoms. The molecule has 160 valence electrons. The summed E-state index contributed by atoms with van der Waals surface area (Å²) in [5.41, 5.74) is -0.307.